The van der Waals surface area contributed by atoms with E-state index in [1.807, 2.05) is 76.4 Å². The maximum Gasteiger partial charge on any atom is 0.260 e. The molecule has 36 heavy (non-hydrogen) atoms. The molecule has 0 saturated carbocycles. The Hall–Kier alpha value is -3.61. The van der Waals surface area contributed by atoms with Crippen LogP contribution in [0.1, 0.15) is 48.0 Å². The average molecular weight is 487 g/mol. The molecule has 1 atom stereocenters. The second-order valence-corrected chi connectivity index (χ2v) is 9.78. The molecule has 188 valence electrons. The zero-order chi connectivity index (χ0) is 24.7. The molecular formula is C29H34N4O3. The fourth-order valence-corrected chi connectivity index (χ4v) is 5.49. The molecule has 2 aromatic carbocycles. The van der Waals surface area contributed by atoms with Crippen LogP contribution in [0.2, 0.25) is 0 Å². The minimum absolute atomic E-state index is 0.0316. The number of carbonyl (C=O) groups is 2. The van der Waals surface area contributed by atoms with E-state index < -0.39 is 0 Å². The van der Waals surface area contributed by atoms with Crippen LogP contribution in [0.3, 0.4) is 0 Å². The summed E-state index contributed by atoms with van der Waals surface area (Å²) in [5, 5.41) is 4.25. The summed E-state index contributed by atoms with van der Waals surface area (Å²) in [4.78, 5) is 30.2. The summed E-state index contributed by atoms with van der Waals surface area (Å²) in [6, 6.07) is 19.5. The third-order valence-corrected chi connectivity index (χ3v) is 7.46. The maximum absolute atomic E-state index is 13.5. The van der Waals surface area contributed by atoms with E-state index in [1.165, 1.54) is 0 Å². The summed E-state index contributed by atoms with van der Waals surface area (Å²) in [5.41, 5.74) is 1.87. The number of hydrogen-bond acceptors (Lipinski definition) is 4. The smallest absolute Gasteiger partial charge is 0.260 e. The van der Waals surface area contributed by atoms with E-state index in [2.05, 4.69) is 10.00 Å². The highest BCUT2D eigenvalue weighted by atomic mass is 16.5. The molecule has 1 aromatic heterocycles. The molecule has 0 N–H and O–H groups in total. The summed E-state index contributed by atoms with van der Waals surface area (Å²) in [5.74, 6) is 1.29. The van der Waals surface area contributed by atoms with Crippen molar-refractivity contribution in [3.8, 4) is 5.75 Å². The molecule has 0 aliphatic carbocycles. The zero-order valence-electron chi connectivity index (χ0n) is 20.7. The first kappa shape index (κ1) is 24.1. The number of amides is 2. The number of para-hydroxylation sites is 1. The summed E-state index contributed by atoms with van der Waals surface area (Å²) in [6.45, 7) is 3.02. The topological polar surface area (TPSA) is 67.7 Å². The molecule has 5 rings (SSSR count). The Balaban J connectivity index is 1.16. The molecule has 2 fully saturated rings. The van der Waals surface area contributed by atoms with Crippen molar-refractivity contribution in [2.45, 2.75) is 44.7 Å². The monoisotopic (exact) mass is 486 g/mol. The van der Waals surface area contributed by atoms with E-state index in [0.29, 0.717) is 18.2 Å². The van der Waals surface area contributed by atoms with E-state index in [0.717, 1.165) is 62.9 Å². The molecule has 1 unspecified atom stereocenters. The molecule has 2 amide bonds. The van der Waals surface area contributed by atoms with Crippen molar-refractivity contribution < 1.29 is 14.3 Å². The predicted octanol–water partition coefficient (Wildman–Crippen LogP) is 4.24. The lowest BCUT2D eigenvalue weighted by Gasteiger charge is -2.43. The third-order valence-electron chi connectivity index (χ3n) is 7.46. The van der Waals surface area contributed by atoms with E-state index in [4.69, 9.17) is 4.74 Å². The van der Waals surface area contributed by atoms with Crippen molar-refractivity contribution in [2.75, 3.05) is 26.2 Å². The molecule has 7 heteroatoms. The summed E-state index contributed by atoms with van der Waals surface area (Å²) in [6.07, 6.45) is 8.80. The Labute approximate surface area is 212 Å². The van der Waals surface area contributed by atoms with Crippen molar-refractivity contribution in [3.05, 3.63) is 84.2 Å². The summed E-state index contributed by atoms with van der Waals surface area (Å²) < 4.78 is 7.53. The van der Waals surface area contributed by atoms with Gasteiger partial charge in [0.1, 0.15) is 5.75 Å². The Bertz CT molecular complexity index is 1120. The zero-order valence-corrected chi connectivity index (χ0v) is 20.7. The molecule has 3 aromatic rings. The maximum atomic E-state index is 13.5. The number of rotatable bonds is 7. The van der Waals surface area contributed by atoms with Crippen molar-refractivity contribution in [1.82, 2.24) is 19.6 Å². The highest BCUT2D eigenvalue weighted by Crippen LogP contribution is 2.31. The SMILES string of the molecule is O=C(COc1ccccc1)N1CCC(C2CCCCN2C(=O)c2ccc(Cn3cccn3)cc2)CC1. The first-order valence-electron chi connectivity index (χ1n) is 13.0. The van der Waals surface area contributed by atoms with Crippen LogP contribution in [0.4, 0.5) is 0 Å². The Morgan fingerprint density at radius 1 is 0.889 bits per heavy atom. The van der Waals surface area contributed by atoms with Crippen LogP contribution in [0.5, 0.6) is 5.75 Å². The van der Waals surface area contributed by atoms with E-state index >= 15 is 0 Å². The molecule has 3 heterocycles. The number of nitrogens with zero attached hydrogens (tertiary/aromatic N) is 4. The molecular weight excluding hydrogens is 452 g/mol. The molecule has 2 saturated heterocycles. The second-order valence-electron chi connectivity index (χ2n) is 9.78. The third kappa shape index (κ3) is 5.78. The number of likely N-dealkylation sites (tertiary alicyclic amines) is 2. The molecule has 2 aliphatic heterocycles. The lowest BCUT2D eigenvalue weighted by Crippen LogP contribution is -2.51. The van der Waals surface area contributed by atoms with E-state index in [1.54, 1.807) is 6.20 Å². The highest BCUT2D eigenvalue weighted by molar-refractivity contribution is 5.94. The van der Waals surface area contributed by atoms with Gasteiger partial charge in [-0.1, -0.05) is 30.3 Å². The summed E-state index contributed by atoms with van der Waals surface area (Å²) in [7, 11) is 0. The van der Waals surface area contributed by atoms with Crippen molar-refractivity contribution in [3.63, 3.8) is 0 Å². The Morgan fingerprint density at radius 3 is 2.39 bits per heavy atom. The minimum Gasteiger partial charge on any atom is -0.484 e. The quantitative estimate of drug-likeness (QED) is 0.501. The number of piperidine rings is 2. The Morgan fingerprint density at radius 2 is 1.67 bits per heavy atom. The molecule has 7 nitrogen and oxygen atoms in total. The van der Waals surface area contributed by atoms with Crippen LogP contribution in [-0.2, 0) is 11.3 Å². The first-order chi connectivity index (χ1) is 17.7. The fourth-order valence-electron chi connectivity index (χ4n) is 5.49. The lowest BCUT2D eigenvalue weighted by atomic mass is 9.83. The van der Waals surface area contributed by atoms with Crippen LogP contribution < -0.4 is 4.74 Å². The normalized spacial score (nSPS) is 18.7. The van der Waals surface area contributed by atoms with Crippen molar-refractivity contribution in [2.24, 2.45) is 5.92 Å². The molecule has 2 aliphatic rings. The van der Waals surface area contributed by atoms with Gasteiger partial charge >= 0.3 is 0 Å². The first-order valence-corrected chi connectivity index (χ1v) is 13.0. The fraction of sp³-hybridized carbons (Fsp3) is 0.414. The lowest BCUT2D eigenvalue weighted by molar-refractivity contribution is -0.135. The number of ether oxygens (including phenoxy) is 1. The molecule has 0 radical (unpaired) electrons. The van der Waals surface area contributed by atoms with Crippen molar-refractivity contribution in [1.29, 1.82) is 0 Å². The number of aromatic nitrogens is 2. The van der Waals surface area contributed by atoms with Gasteiger partial charge in [0.2, 0.25) is 0 Å². The van der Waals surface area contributed by atoms with Crippen LogP contribution in [0, 0.1) is 5.92 Å². The van der Waals surface area contributed by atoms with Gasteiger partial charge in [-0.2, -0.15) is 5.10 Å². The second kappa shape index (κ2) is 11.4. The van der Waals surface area contributed by atoms with Gasteiger partial charge in [0.15, 0.2) is 6.61 Å². The average Bonchev–Trinajstić information content (AvgIpc) is 3.45. The Kier molecular flexibility index (Phi) is 7.64. The van der Waals surface area contributed by atoms with E-state index in [-0.39, 0.29) is 24.5 Å². The molecule has 0 spiro atoms. The van der Waals surface area contributed by atoms with Crippen molar-refractivity contribution >= 4 is 11.8 Å². The van der Waals surface area contributed by atoms with E-state index in [9.17, 15) is 9.59 Å². The number of carbonyl (C=O) groups excluding carboxylic acids is 2. The van der Waals surface area contributed by atoms with Gasteiger partial charge in [0.25, 0.3) is 11.8 Å². The highest BCUT2D eigenvalue weighted by Gasteiger charge is 2.35. The van der Waals surface area contributed by atoms with Crippen LogP contribution >= 0.6 is 0 Å². The summed E-state index contributed by atoms with van der Waals surface area (Å²) >= 11 is 0. The van der Waals surface area contributed by atoms with Gasteiger partial charge in [-0.25, -0.2) is 0 Å². The van der Waals surface area contributed by atoms with Crippen LogP contribution in [0.25, 0.3) is 0 Å². The van der Waals surface area contributed by atoms with Crippen LogP contribution in [-0.4, -0.2) is 63.7 Å². The molecule has 0 bridgehead atoms. The minimum atomic E-state index is 0.0316. The van der Waals surface area contributed by atoms with Gasteiger partial charge in [-0.3, -0.25) is 14.3 Å². The van der Waals surface area contributed by atoms with Gasteiger partial charge in [0, 0.05) is 43.6 Å². The predicted molar refractivity (Wildman–Crippen MR) is 138 cm³/mol. The van der Waals surface area contributed by atoms with Gasteiger partial charge < -0.3 is 14.5 Å². The standard InChI is InChI=1S/C29H34N4O3/c34-28(22-36-26-7-2-1-3-8-26)31-19-14-24(15-20-31)27-9-4-5-18-33(27)29(35)25-12-10-23(11-13-25)21-32-17-6-16-30-32/h1-3,6-8,10-13,16-17,24,27H,4-5,9,14-15,18-22H2. The van der Waals surface area contributed by atoms with Gasteiger partial charge in [0.05, 0.1) is 6.54 Å². The van der Waals surface area contributed by atoms with Gasteiger partial charge in [-0.05, 0) is 73.9 Å². The largest absolute Gasteiger partial charge is 0.484 e. The van der Waals surface area contributed by atoms with Gasteiger partial charge in [-0.15, -0.1) is 0 Å². The number of benzene rings is 2. The number of hydrogen-bond donors (Lipinski definition) is 0. The van der Waals surface area contributed by atoms with Crippen LogP contribution in [0.15, 0.2) is 73.1 Å².